The maximum atomic E-state index is 12.4. The van der Waals surface area contributed by atoms with Crippen LogP contribution in [0.1, 0.15) is 41.4 Å². The summed E-state index contributed by atoms with van der Waals surface area (Å²) >= 11 is 0. The second-order valence-electron chi connectivity index (χ2n) is 6.63. The highest BCUT2D eigenvalue weighted by atomic mass is 19.4. The number of nitrogens with zero attached hydrogens (tertiary/aromatic N) is 2. The summed E-state index contributed by atoms with van der Waals surface area (Å²) in [7, 11) is 0. The summed E-state index contributed by atoms with van der Waals surface area (Å²) in [5.41, 5.74) is 0.246. The van der Waals surface area contributed by atoms with Crippen molar-refractivity contribution < 1.29 is 27.1 Å². The van der Waals surface area contributed by atoms with Crippen molar-refractivity contribution in [1.82, 2.24) is 15.2 Å². The van der Waals surface area contributed by atoms with Crippen LogP contribution in [0.2, 0.25) is 0 Å². The Morgan fingerprint density at radius 1 is 1.25 bits per heavy atom. The van der Waals surface area contributed by atoms with Crippen molar-refractivity contribution in [3.63, 3.8) is 0 Å². The molecule has 2 aromatic heterocycles. The van der Waals surface area contributed by atoms with E-state index in [0.29, 0.717) is 6.54 Å². The SMILES string of the molecule is O=C(NCC(c1ccco1)N1CCCCC1)c1ccc(OCC(F)(F)F)nc1. The molecule has 0 spiro atoms. The molecule has 1 atom stereocenters. The van der Waals surface area contributed by atoms with E-state index in [-0.39, 0.29) is 23.4 Å². The van der Waals surface area contributed by atoms with Gasteiger partial charge in [0.1, 0.15) is 5.76 Å². The van der Waals surface area contributed by atoms with Gasteiger partial charge in [-0.15, -0.1) is 0 Å². The number of aromatic nitrogens is 1. The average molecular weight is 397 g/mol. The maximum Gasteiger partial charge on any atom is 0.422 e. The lowest BCUT2D eigenvalue weighted by atomic mass is 10.1. The number of likely N-dealkylation sites (tertiary alicyclic amines) is 1. The minimum Gasteiger partial charge on any atom is -0.468 e. The number of hydrogen-bond acceptors (Lipinski definition) is 5. The monoisotopic (exact) mass is 397 g/mol. The summed E-state index contributed by atoms with van der Waals surface area (Å²) in [6, 6.07) is 6.27. The topological polar surface area (TPSA) is 67.6 Å². The van der Waals surface area contributed by atoms with Crippen LogP contribution in [0.4, 0.5) is 13.2 Å². The Labute approximate surface area is 160 Å². The van der Waals surface area contributed by atoms with E-state index in [2.05, 4.69) is 19.9 Å². The molecule has 1 aliphatic rings. The molecule has 1 saturated heterocycles. The lowest BCUT2D eigenvalue weighted by Crippen LogP contribution is -2.40. The minimum atomic E-state index is -4.44. The van der Waals surface area contributed by atoms with E-state index >= 15 is 0 Å². The number of carbonyl (C=O) groups is 1. The Balaban J connectivity index is 1.58. The fourth-order valence-electron chi connectivity index (χ4n) is 3.17. The molecular weight excluding hydrogens is 375 g/mol. The summed E-state index contributed by atoms with van der Waals surface area (Å²) in [6.07, 6.45) is 1.78. The van der Waals surface area contributed by atoms with Crippen LogP contribution in [-0.4, -0.2) is 48.2 Å². The first-order valence-corrected chi connectivity index (χ1v) is 9.13. The molecule has 0 bridgehead atoms. The molecule has 0 saturated carbocycles. The van der Waals surface area contributed by atoms with Crippen LogP contribution in [0.3, 0.4) is 0 Å². The first-order valence-electron chi connectivity index (χ1n) is 9.13. The molecule has 0 radical (unpaired) electrons. The Bertz CT molecular complexity index is 742. The van der Waals surface area contributed by atoms with Gasteiger partial charge in [-0.25, -0.2) is 4.98 Å². The van der Waals surface area contributed by atoms with Crippen molar-refractivity contribution in [2.75, 3.05) is 26.2 Å². The first kappa shape index (κ1) is 20.2. The van der Waals surface area contributed by atoms with Crippen LogP contribution in [0.25, 0.3) is 0 Å². The number of hydrogen-bond donors (Lipinski definition) is 1. The number of piperidine rings is 1. The van der Waals surface area contributed by atoms with E-state index in [1.165, 1.54) is 24.8 Å². The second kappa shape index (κ2) is 9.09. The van der Waals surface area contributed by atoms with E-state index in [1.807, 2.05) is 12.1 Å². The van der Waals surface area contributed by atoms with E-state index in [0.717, 1.165) is 31.7 Å². The van der Waals surface area contributed by atoms with Crippen LogP contribution >= 0.6 is 0 Å². The predicted molar refractivity (Wildman–Crippen MR) is 95.0 cm³/mol. The summed E-state index contributed by atoms with van der Waals surface area (Å²) < 4.78 is 46.6. The quantitative estimate of drug-likeness (QED) is 0.774. The van der Waals surface area contributed by atoms with Gasteiger partial charge in [-0.1, -0.05) is 6.42 Å². The number of rotatable bonds is 7. The molecule has 1 aliphatic heterocycles. The maximum absolute atomic E-state index is 12.4. The second-order valence-corrected chi connectivity index (χ2v) is 6.63. The third-order valence-electron chi connectivity index (χ3n) is 4.54. The highest BCUT2D eigenvalue weighted by Crippen LogP contribution is 2.24. The Hall–Kier alpha value is -2.55. The van der Waals surface area contributed by atoms with E-state index in [9.17, 15) is 18.0 Å². The standard InChI is InChI=1S/C19H22F3N3O3/c20-19(21,22)13-28-17-7-6-14(11-23-17)18(26)24-12-15(16-5-4-10-27-16)25-8-2-1-3-9-25/h4-7,10-11,15H,1-3,8-9,12-13H2,(H,24,26). The molecule has 0 aliphatic carbocycles. The zero-order valence-corrected chi connectivity index (χ0v) is 15.2. The highest BCUT2D eigenvalue weighted by Gasteiger charge is 2.29. The van der Waals surface area contributed by atoms with Crippen LogP contribution in [0.15, 0.2) is 41.1 Å². The molecule has 9 heteroatoms. The number of furan rings is 1. The van der Waals surface area contributed by atoms with Crippen molar-refractivity contribution >= 4 is 5.91 Å². The molecule has 1 unspecified atom stereocenters. The van der Waals surface area contributed by atoms with Gasteiger partial charge in [-0.05, 0) is 44.1 Å². The predicted octanol–water partition coefficient (Wildman–Crippen LogP) is 3.57. The highest BCUT2D eigenvalue weighted by molar-refractivity contribution is 5.93. The minimum absolute atomic E-state index is 0.0680. The first-order chi connectivity index (χ1) is 13.4. The van der Waals surface area contributed by atoms with Crippen molar-refractivity contribution in [1.29, 1.82) is 0 Å². The summed E-state index contributed by atoms with van der Waals surface area (Å²) in [5, 5.41) is 2.86. The van der Waals surface area contributed by atoms with Gasteiger partial charge >= 0.3 is 6.18 Å². The summed E-state index contributed by atoms with van der Waals surface area (Å²) in [4.78, 5) is 18.5. The van der Waals surface area contributed by atoms with Gasteiger partial charge in [0, 0.05) is 18.8 Å². The molecule has 2 aromatic rings. The Morgan fingerprint density at radius 3 is 2.64 bits per heavy atom. The van der Waals surface area contributed by atoms with Gasteiger partial charge in [-0.2, -0.15) is 13.2 Å². The number of ether oxygens (including phenoxy) is 1. The summed E-state index contributed by atoms with van der Waals surface area (Å²) in [6.45, 7) is 0.812. The lowest BCUT2D eigenvalue weighted by molar-refractivity contribution is -0.154. The van der Waals surface area contributed by atoms with Gasteiger partial charge < -0.3 is 14.5 Å². The van der Waals surface area contributed by atoms with Crippen molar-refractivity contribution in [2.24, 2.45) is 0 Å². The molecule has 3 heterocycles. The average Bonchev–Trinajstić information content (AvgIpc) is 3.21. The van der Waals surface area contributed by atoms with Crippen LogP contribution in [-0.2, 0) is 0 Å². The molecule has 6 nitrogen and oxygen atoms in total. The van der Waals surface area contributed by atoms with E-state index in [1.54, 1.807) is 6.26 Å². The lowest BCUT2D eigenvalue weighted by Gasteiger charge is -2.33. The van der Waals surface area contributed by atoms with Crippen LogP contribution < -0.4 is 10.1 Å². The number of nitrogens with one attached hydrogen (secondary N) is 1. The number of carbonyl (C=O) groups excluding carboxylic acids is 1. The third-order valence-corrected chi connectivity index (χ3v) is 4.54. The Kier molecular flexibility index (Phi) is 6.56. The molecule has 152 valence electrons. The number of halogens is 3. The van der Waals surface area contributed by atoms with Gasteiger partial charge in [0.25, 0.3) is 5.91 Å². The molecule has 1 fully saturated rings. The van der Waals surface area contributed by atoms with Gasteiger partial charge in [0.2, 0.25) is 5.88 Å². The molecule has 1 N–H and O–H groups in total. The third kappa shape index (κ3) is 5.72. The van der Waals surface area contributed by atoms with Crippen molar-refractivity contribution in [3.05, 3.63) is 48.0 Å². The van der Waals surface area contributed by atoms with Gasteiger partial charge in [0.15, 0.2) is 6.61 Å². The molecule has 3 rings (SSSR count). The molecule has 28 heavy (non-hydrogen) atoms. The normalized spacial score (nSPS) is 16.5. The van der Waals surface area contributed by atoms with Gasteiger partial charge in [0.05, 0.1) is 17.9 Å². The van der Waals surface area contributed by atoms with Crippen molar-refractivity contribution in [2.45, 2.75) is 31.5 Å². The smallest absolute Gasteiger partial charge is 0.422 e. The number of amides is 1. The number of alkyl halides is 3. The Morgan fingerprint density at radius 2 is 2.04 bits per heavy atom. The fraction of sp³-hybridized carbons (Fsp3) is 0.474. The fourth-order valence-corrected chi connectivity index (χ4v) is 3.17. The summed E-state index contributed by atoms with van der Waals surface area (Å²) in [5.74, 6) is 0.246. The van der Waals surface area contributed by atoms with Crippen LogP contribution in [0, 0.1) is 0 Å². The van der Waals surface area contributed by atoms with Gasteiger partial charge in [-0.3, -0.25) is 9.69 Å². The number of pyridine rings is 1. The van der Waals surface area contributed by atoms with E-state index in [4.69, 9.17) is 4.42 Å². The molecule has 0 aromatic carbocycles. The zero-order valence-electron chi connectivity index (χ0n) is 15.2. The molecular formula is C19H22F3N3O3. The largest absolute Gasteiger partial charge is 0.468 e. The molecule has 1 amide bonds. The zero-order chi connectivity index (χ0) is 20.0. The van der Waals surface area contributed by atoms with Crippen molar-refractivity contribution in [3.8, 4) is 5.88 Å². The van der Waals surface area contributed by atoms with Crippen LogP contribution in [0.5, 0.6) is 5.88 Å². The van der Waals surface area contributed by atoms with E-state index < -0.39 is 12.8 Å².